The van der Waals surface area contributed by atoms with Crippen molar-refractivity contribution in [2.45, 2.75) is 0 Å². The fraction of sp³-hybridized carbons (Fsp3) is 0. The van der Waals surface area contributed by atoms with Crippen LogP contribution >= 0.6 is 0 Å². The normalized spacial score (nSPS) is 12.4. The van der Waals surface area contributed by atoms with Crippen molar-refractivity contribution in [3.8, 4) is 44.5 Å². The topological polar surface area (TPSA) is 16.4 Å². The Morgan fingerprint density at radius 1 is 0.345 bits per heavy atom. The summed E-state index contributed by atoms with van der Waals surface area (Å²) in [5, 5.41) is 6.51. The van der Waals surface area contributed by atoms with Gasteiger partial charge < -0.3 is 9.32 Å². The van der Waals surface area contributed by atoms with Crippen LogP contribution < -0.4 is 4.90 Å². The van der Waals surface area contributed by atoms with Crippen LogP contribution in [0.2, 0.25) is 0 Å². The molecule has 11 rings (SSSR count). The lowest BCUT2D eigenvalue weighted by atomic mass is 9.97. The number of nitrogens with zero attached hydrogens (tertiary/aromatic N) is 1. The molecule has 0 amide bonds. The first-order valence-corrected chi connectivity index (χ1v) is 19.5. The van der Waals surface area contributed by atoms with Gasteiger partial charge in [-0.15, -0.1) is 0 Å². The quantitative estimate of drug-likeness (QED) is 0.162. The van der Waals surface area contributed by atoms with Crippen molar-refractivity contribution in [2.75, 3.05) is 4.90 Å². The van der Waals surface area contributed by atoms with Gasteiger partial charge in [-0.05, 0) is 115 Å². The fourth-order valence-corrected chi connectivity index (χ4v) is 8.21. The fourth-order valence-electron chi connectivity index (χ4n) is 8.21. The van der Waals surface area contributed by atoms with E-state index in [-0.39, 0.29) is 35.4 Å². The third-order valence-corrected chi connectivity index (χ3v) is 11.1. The van der Waals surface area contributed by atoms with E-state index < -0.39 is 0 Å². The highest BCUT2D eigenvalue weighted by molar-refractivity contribution is 6.19. The van der Waals surface area contributed by atoms with E-state index in [9.17, 15) is 5.48 Å². The first kappa shape index (κ1) is 29.6. The molecular weight excluding hydrogens is 703 g/mol. The smallest absolute Gasteiger partial charge is 0.143 e. The predicted octanol–water partition coefficient (Wildman–Crippen LogP) is 16.0. The van der Waals surface area contributed by atoms with E-state index in [2.05, 4.69) is 84.9 Å². The molecule has 0 fully saturated rings. The van der Waals surface area contributed by atoms with E-state index in [4.69, 9.17) is 4.42 Å². The molecule has 2 heteroatoms. The molecule has 58 heavy (non-hydrogen) atoms. The van der Waals surface area contributed by atoms with Crippen molar-refractivity contribution in [2.24, 2.45) is 0 Å². The summed E-state index contributed by atoms with van der Waals surface area (Å²) in [7, 11) is 0. The molecule has 0 bridgehead atoms. The molecule has 2 nitrogen and oxygen atoms in total. The summed E-state index contributed by atoms with van der Waals surface area (Å²) in [5.74, 6) is 0. The summed E-state index contributed by atoms with van der Waals surface area (Å²) in [5.41, 5.74) is 10.1. The molecule has 0 spiro atoms. The van der Waals surface area contributed by atoms with E-state index in [0.717, 1.165) is 71.5 Å². The first-order chi connectivity index (χ1) is 30.4. The van der Waals surface area contributed by atoms with Gasteiger partial charge in [-0.25, -0.2) is 0 Å². The van der Waals surface area contributed by atoms with Crippen LogP contribution in [0.25, 0.3) is 88.0 Å². The van der Waals surface area contributed by atoms with Crippen LogP contribution in [-0.4, -0.2) is 0 Å². The molecule has 0 unspecified atom stereocenters. The van der Waals surface area contributed by atoms with Gasteiger partial charge in [0, 0.05) is 33.2 Å². The summed E-state index contributed by atoms with van der Waals surface area (Å²) < 4.78 is 44.6. The number of hydrogen-bond acceptors (Lipinski definition) is 2. The molecule has 0 saturated heterocycles. The third kappa shape index (κ3) is 6.00. The summed E-state index contributed by atoms with van der Waals surface area (Å²) in [6.45, 7) is 0. The van der Waals surface area contributed by atoms with Crippen LogP contribution in [0.5, 0.6) is 0 Å². The van der Waals surface area contributed by atoms with E-state index in [1.54, 1.807) is 0 Å². The van der Waals surface area contributed by atoms with Gasteiger partial charge in [0.05, 0.1) is 5.48 Å². The van der Waals surface area contributed by atoms with Crippen LogP contribution in [0, 0.1) is 0 Å². The molecular formula is C56H37NO. The molecule has 0 N–H and O–H groups in total. The number of anilines is 3. The number of hydrogen-bond donors (Lipinski definition) is 0. The second kappa shape index (κ2) is 14.1. The molecule has 0 radical (unpaired) electrons. The Bertz CT molecular complexity index is 3480. The van der Waals surface area contributed by atoms with Crippen LogP contribution in [0.3, 0.4) is 0 Å². The lowest BCUT2D eigenvalue weighted by molar-refractivity contribution is 0.673. The van der Waals surface area contributed by atoms with E-state index in [1.807, 2.05) is 120 Å². The average Bonchev–Trinajstić information content (AvgIpc) is 3.73. The largest absolute Gasteiger partial charge is 0.455 e. The summed E-state index contributed by atoms with van der Waals surface area (Å²) in [4.78, 5) is 1.86. The van der Waals surface area contributed by atoms with Gasteiger partial charge in [0.1, 0.15) is 11.2 Å². The highest BCUT2D eigenvalue weighted by Crippen LogP contribution is 2.43. The zero-order valence-electron chi connectivity index (χ0n) is 35.4. The van der Waals surface area contributed by atoms with Gasteiger partial charge in [0.15, 0.2) is 0 Å². The monoisotopic (exact) mass is 743 g/mol. The van der Waals surface area contributed by atoms with Crippen molar-refractivity contribution >= 4 is 60.5 Å². The Labute approximate surface area is 343 Å². The molecule has 0 aliphatic carbocycles. The summed E-state index contributed by atoms with van der Waals surface area (Å²) in [6, 6.07) is 66.8. The Kier molecular flexibility index (Phi) is 7.20. The maximum Gasteiger partial charge on any atom is 0.143 e. The number of benzene rings is 10. The highest BCUT2D eigenvalue weighted by atomic mass is 16.3. The molecule has 1 aromatic heterocycles. The van der Waals surface area contributed by atoms with E-state index >= 15 is 0 Å². The van der Waals surface area contributed by atoms with Crippen molar-refractivity contribution in [1.29, 1.82) is 0 Å². The molecule has 0 aliphatic heterocycles. The number of furan rings is 1. The molecule has 1 heterocycles. The number of fused-ring (bicyclic) bond motifs is 6. The second-order valence-electron chi connectivity index (χ2n) is 14.6. The van der Waals surface area contributed by atoms with Gasteiger partial charge in [-0.1, -0.05) is 170 Å². The molecule has 0 saturated carbocycles. The minimum Gasteiger partial charge on any atom is -0.455 e. The zero-order valence-corrected chi connectivity index (χ0v) is 31.4. The van der Waals surface area contributed by atoms with Crippen molar-refractivity contribution in [1.82, 2.24) is 0 Å². The standard InChI is InChI=1S/C56H37NO/c1-2-10-38(11-3-1)40-20-22-41(23-21-40)42-26-31-48(32-27-42)57(49-33-28-43(29-34-49)46-25-24-39-12-4-5-14-45(39)36-46)50-16-8-15-47(37-50)51-18-9-19-54-55(51)53-35-30-44-13-6-7-17-52(44)56(53)58-54/h1-37H/i26D,27D,31D,32D. The van der Waals surface area contributed by atoms with Gasteiger partial charge in [-0.2, -0.15) is 0 Å². The van der Waals surface area contributed by atoms with Gasteiger partial charge in [-0.3, -0.25) is 0 Å². The molecule has 272 valence electrons. The van der Waals surface area contributed by atoms with Crippen molar-refractivity contribution in [3.63, 3.8) is 0 Å². The summed E-state index contributed by atoms with van der Waals surface area (Å²) >= 11 is 0. The highest BCUT2D eigenvalue weighted by Gasteiger charge is 2.18. The van der Waals surface area contributed by atoms with Gasteiger partial charge in [0.2, 0.25) is 0 Å². The molecule has 11 aromatic rings. The Hall–Kier alpha value is -7.68. The molecule has 10 aromatic carbocycles. The van der Waals surface area contributed by atoms with Crippen LogP contribution in [0.1, 0.15) is 5.48 Å². The van der Waals surface area contributed by atoms with Gasteiger partial charge in [0.25, 0.3) is 0 Å². The second-order valence-corrected chi connectivity index (χ2v) is 14.6. The summed E-state index contributed by atoms with van der Waals surface area (Å²) in [6.07, 6.45) is 0. The van der Waals surface area contributed by atoms with Crippen molar-refractivity contribution < 1.29 is 9.90 Å². The van der Waals surface area contributed by atoms with E-state index in [1.165, 1.54) is 5.39 Å². The average molecular weight is 744 g/mol. The Morgan fingerprint density at radius 3 is 1.76 bits per heavy atom. The van der Waals surface area contributed by atoms with E-state index in [0.29, 0.717) is 16.9 Å². The Balaban J connectivity index is 1.07. The van der Waals surface area contributed by atoms with Crippen LogP contribution in [0.15, 0.2) is 229 Å². The maximum atomic E-state index is 9.60. The molecule has 0 atom stereocenters. The Morgan fingerprint density at radius 2 is 0.948 bits per heavy atom. The molecule has 0 aliphatic rings. The minimum absolute atomic E-state index is 0.107. The lowest BCUT2D eigenvalue weighted by Gasteiger charge is -2.26. The van der Waals surface area contributed by atoms with Crippen molar-refractivity contribution in [3.05, 3.63) is 224 Å². The predicted molar refractivity (Wildman–Crippen MR) is 245 cm³/mol. The zero-order chi connectivity index (χ0) is 41.9. The minimum atomic E-state index is -0.132. The maximum absolute atomic E-state index is 9.60. The van der Waals surface area contributed by atoms with Gasteiger partial charge >= 0.3 is 0 Å². The van der Waals surface area contributed by atoms with Crippen LogP contribution in [0.4, 0.5) is 17.1 Å². The third-order valence-electron chi connectivity index (χ3n) is 11.1. The number of rotatable bonds is 7. The lowest BCUT2D eigenvalue weighted by Crippen LogP contribution is -2.10. The first-order valence-electron chi connectivity index (χ1n) is 21.5. The van der Waals surface area contributed by atoms with Crippen LogP contribution in [-0.2, 0) is 0 Å². The SMILES string of the molecule is [2H]c1c([2H])c(N(c2ccc(-c3ccc4ccccc4c3)cc2)c2cccc(-c3cccc4oc5c6ccccc6ccc5c34)c2)c([2H])c([2H])c1-c1ccc(-c2ccccc2)cc1.